The third-order valence-corrected chi connectivity index (χ3v) is 3.22. The zero-order valence-corrected chi connectivity index (χ0v) is 11.9. The molecule has 0 aliphatic carbocycles. The Balaban J connectivity index is 2.21. The number of amides is 1. The van der Waals surface area contributed by atoms with Gasteiger partial charge in [-0.3, -0.25) is 4.79 Å². The first-order valence-corrected chi connectivity index (χ1v) is 6.70. The van der Waals surface area contributed by atoms with Crippen molar-refractivity contribution in [1.82, 2.24) is 5.32 Å². The van der Waals surface area contributed by atoms with Crippen LogP contribution in [0.15, 0.2) is 40.8 Å². The molecular formula is C16H17NO4. The highest BCUT2D eigenvalue weighted by atomic mass is 16.4. The third-order valence-electron chi connectivity index (χ3n) is 3.22. The van der Waals surface area contributed by atoms with Gasteiger partial charge in [-0.2, -0.15) is 0 Å². The highest BCUT2D eigenvalue weighted by molar-refractivity contribution is 5.94. The predicted molar refractivity (Wildman–Crippen MR) is 77.1 cm³/mol. The van der Waals surface area contributed by atoms with Gasteiger partial charge in [0, 0.05) is 6.42 Å². The van der Waals surface area contributed by atoms with Gasteiger partial charge >= 0.3 is 5.97 Å². The number of carboxylic acids is 1. The van der Waals surface area contributed by atoms with Crippen molar-refractivity contribution in [3.05, 3.63) is 59.0 Å². The van der Waals surface area contributed by atoms with E-state index in [9.17, 15) is 14.7 Å². The summed E-state index contributed by atoms with van der Waals surface area (Å²) in [4.78, 5) is 23.5. The zero-order chi connectivity index (χ0) is 15.4. The molecule has 0 fully saturated rings. The minimum Gasteiger partial charge on any atom is -0.479 e. The number of carboxylic acid groups (broad SMARTS) is 1. The van der Waals surface area contributed by atoms with Gasteiger partial charge in [-0.25, -0.2) is 4.79 Å². The average Bonchev–Trinajstić information content (AvgIpc) is 2.86. The maximum Gasteiger partial charge on any atom is 0.330 e. The topological polar surface area (TPSA) is 79.5 Å². The number of benzene rings is 1. The summed E-state index contributed by atoms with van der Waals surface area (Å²) in [5, 5.41) is 11.8. The first-order valence-electron chi connectivity index (χ1n) is 6.70. The lowest BCUT2D eigenvalue weighted by Crippen LogP contribution is -2.33. The van der Waals surface area contributed by atoms with Crippen molar-refractivity contribution in [3.63, 3.8) is 0 Å². The minimum atomic E-state index is -1.12. The van der Waals surface area contributed by atoms with Crippen molar-refractivity contribution < 1.29 is 19.1 Å². The van der Waals surface area contributed by atoms with Crippen LogP contribution in [-0.2, 0) is 11.2 Å². The van der Waals surface area contributed by atoms with Crippen LogP contribution >= 0.6 is 0 Å². The normalized spacial score (nSPS) is 11.9. The number of hydrogen-bond donors (Lipinski definition) is 2. The van der Waals surface area contributed by atoms with Crippen molar-refractivity contribution in [2.45, 2.75) is 26.3 Å². The number of rotatable bonds is 5. The highest BCUT2D eigenvalue weighted by Gasteiger charge is 2.24. The van der Waals surface area contributed by atoms with Gasteiger partial charge in [-0.1, -0.05) is 37.3 Å². The third kappa shape index (κ3) is 3.31. The summed E-state index contributed by atoms with van der Waals surface area (Å²) < 4.78 is 5.44. The van der Waals surface area contributed by atoms with E-state index in [0.29, 0.717) is 12.0 Å². The number of aryl methyl sites for hydroxylation is 2. The summed E-state index contributed by atoms with van der Waals surface area (Å²) in [5.41, 5.74) is 1.39. The molecule has 0 radical (unpaired) electrons. The van der Waals surface area contributed by atoms with E-state index in [4.69, 9.17) is 4.42 Å². The lowest BCUT2D eigenvalue weighted by atomic mass is 10.1. The van der Waals surface area contributed by atoms with E-state index in [1.54, 1.807) is 36.4 Å². The van der Waals surface area contributed by atoms with E-state index < -0.39 is 17.9 Å². The van der Waals surface area contributed by atoms with Gasteiger partial charge in [0.1, 0.15) is 5.76 Å². The molecule has 5 nitrogen and oxygen atoms in total. The molecule has 21 heavy (non-hydrogen) atoms. The van der Waals surface area contributed by atoms with Crippen molar-refractivity contribution in [3.8, 4) is 0 Å². The summed E-state index contributed by atoms with van der Waals surface area (Å²) in [6.07, 6.45) is 0.681. The number of aliphatic carboxylic acids is 1. The van der Waals surface area contributed by atoms with Crippen LogP contribution in [0.2, 0.25) is 0 Å². The second-order valence-corrected chi connectivity index (χ2v) is 4.73. The van der Waals surface area contributed by atoms with Gasteiger partial charge in [-0.05, 0) is 24.1 Å². The Bertz CT molecular complexity index is 646. The van der Waals surface area contributed by atoms with Crippen molar-refractivity contribution in [2.75, 3.05) is 0 Å². The molecule has 1 aromatic heterocycles. The number of carbonyl (C=O) groups is 2. The fourth-order valence-corrected chi connectivity index (χ4v) is 2.12. The number of carbonyl (C=O) groups excluding carboxylic acids is 1. The summed E-state index contributed by atoms with van der Waals surface area (Å²) >= 11 is 0. The molecule has 0 spiro atoms. The summed E-state index contributed by atoms with van der Waals surface area (Å²) in [7, 11) is 0. The molecule has 2 aromatic rings. The van der Waals surface area contributed by atoms with Crippen LogP contribution in [0.1, 0.15) is 40.4 Å². The molecule has 0 saturated heterocycles. The van der Waals surface area contributed by atoms with Gasteiger partial charge in [0.15, 0.2) is 11.8 Å². The van der Waals surface area contributed by atoms with Crippen molar-refractivity contribution >= 4 is 11.9 Å². The van der Waals surface area contributed by atoms with E-state index in [1.807, 2.05) is 13.8 Å². The lowest BCUT2D eigenvalue weighted by Gasteiger charge is -2.13. The van der Waals surface area contributed by atoms with Gasteiger partial charge < -0.3 is 14.8 Å². The Kier molecular flexibility index (Phi) is 4.42. The fraction of sp³-hybridized carbons (Fsp3) is 0.250. The summed E-state index contributed by atoms with van der Waals surface area (Å²) in [6, 6.07) is 9.07. The van der Waals surface area contributed by atoms with E-state index in [0.717, 1.165) is 11.3 Å². The van der Waals surface area contributed by atoms with Crippen LogP contribution in [0.5, 0.6) is 0 Å². The van der Waals surface area contributed by atoms with Crippen molar-refractivity contribution in [1.29, 1.82) is 0 Å². The number of furan rings is 1. The van der Waals surface area contributed by atoms with E-state index in [1.165, 1.54) is 0 Å². The standard InChI is InChI=1S/C16H17NO4/c1-3-12-10(2)9-13(21-12)15(18)17-14(16(19)20)11-7-5-4-6-8-11/h4-9,14H,3H2,1-2H3,(H,17,18)(H,19,20)/t14-/m0/s1. The zero-order valence-electron chi connectivity index (χ0n) is 11.9. The van der Waals surface area contributed by atoms with Gasteiger partial charge in [0.25, 0.3) is 5.91 Å². The molecule has 0 aliphatic heterocycles. The quantitative estimate of drug-likeness (QED) is 0.886. The molecule has 0 aliphatic rings. The van der Waals surface area contributed by atoms with Crippen LogP contribution in [0.3, 0.4) is 0 Å². The van der Waals surface area contributed by atoms with Crippen LogP contribution in [-0.4, -0.2) is 17.0 Å². The van der Waals surface area contributed by atoms with Crippen LogP contribution in [0.25, 0.3) is 0 Å². The molecule has 110 valence electrons. The Morgan fingerprint density at radius 3 is 2.48 bits per heavy atom. The Hall–Kier alpha value is -2.56. The largest absolute Gasteiger partial charge is 0.479 e. The summed E-state index contributed by atoms with van der Waals surface area (Å²) in [5.74, 6) is -0.791. The Morgan fingerprint density at radius 2 is 1.95 bits per heavy atom. The van der Waals surface area contributed by atoms with Gasteiger partial charge in [0.05, 0.1) is 0 Å². The molecule has 0 bridgehead atoms. The first kappa shape index (κ1) is 14.8. The Labute approximate surface area is 122 Å². The molecule has 1 amide bonds. The van der Waals surface area contributed by atoms with E-state index in [2.05, 4.69) is 5.32 Å². The second kappa shape index (κ2) is 6.26. The van der Waals surface area contributed by atoms with Crippen LogP contribution in [0.4, 0.5) is 0 Å². The lowest BCUT2D eigenvalue weighted by molar-refractivity contribution is -0.139. The Morgan fingerprint density at radius 1 is 1.29 bits per heavy atom. The molecule has 1 aromatic carbocycles. The maximum atomic E-state index is 12.1. The predicted octanol–water partition coefficient (Wildman–Crippen LogP) is 2.71. The molecule has 1 heterocycles. The minimum absolute atomic E-state index is 0.131. The van der Waals surface area contributed by atoms with Gasteiger partial charge in [0.2, 0.25) is 0 Å². The van der Waals surface area contributed by atoms with Crippen LogP contribution < -0.4 is 5.32 Å². The maximum absolute atomic E-state index is 12.1. The molecule has 5 heteroatoms. The fourth-order valence-electron chi connectivity index (χ4n) is 2.12. The molecule has 2 rings (SSSR count). The molecule has 0 saturated carbocycles. The van der Waals surface area contributed by atoms with Gasteiger partial charge in [-0.15, -0.1) is 0 Å². The smallest absolute Gasteiger partial charge is 0.330 e. The number of nitrogens with one attached hydrogen (secondary N) is 1. The first-order chi connectivity index (χ1) is 10.0. The number of hydrogen-bond acceptors (Lipinski definition) is 3. The molecule has 1 atom stereocenters. The summed E-state index contributed by atoms with van der Waals surface area (Å²) in [6.45, 7) is 3.78. The SMILES string of the molecule is CCc1oc(C(=O)N[C@H](C(=O)O)c2ccccc2)cc1C. The van der Waals surface area contributed by atoms with E-state index in [-0.39, 0.29) is 5.76 Å². The molecular weight excluding hydrogens is 270 g/mol. The monoisotopic (exact) mass is 287 g/mol. The highest BCUT2D eigenvalue weighted by Crippen LogP contribution is 2.18. The second-order valence-electron chi connectivity index (χ2n) is 4.73. The molecule has 0 unspecified atom stereocenters. The molecule has 2 N–H and O–H groups in total. The van der Waals surface area contributed by atoms with Crippen molar-refractivity contribution in [2.24, 2.45) is 0 Å². The average molecular weight is 287 g/mol. The van der Waals surface area contributed by atoms with E-state index >= 15 is 0 Å². The van der Waals surface area contributed by atoms with Crippen LogP contribution in [0, 0.1) is 6.92 Å².